The molecule has 1 rings (SSSR count). The Balaban J connectivity index is 2.45. The van der Waals surface area contributed by atoms with E-state index in [-0.39, 0.29) is 5.69 Å². The Kier molecular flexibility index (Phi) is 4.66. The predicted octanol–water partition coefficient (Wildman–Crippen LogP) is 2.06. The molecule has 5 nitrogen and oxygen atoms in total. The topological polar surface area (TPSA) is 64.4 Å². The van der Waals surface area contributed by atoms with Crippen molar-refractivity contribution >= 4 is 12.0 Å². The fourth-order valence-corrected chi connectivity index (χ4v) is 1.03. The Hall–Kier alpha value is -1.52. The Labute approximate surface area is 88.8 Å². The van der Waals surface area contributed by atoms with Crippen molar-refractivity contribution in [2.24, 2.45) is 0 Å². The molecule has 1 heterocycles. The normalized spacial score (nSPS) is 10.0. The van der Waals surface area contributed by atoms with Gasteiger partial charge in [-0.25, -0.2) is 4.79 Å². The summed E-state index contributed by atoms with van der Waals surface area (Å²) in [7, 11) is 0. The number of aromatic nitrogens is 1. The standard InChI is InChI=1S/C10H16N2O3/c1-3-5-6-11-10-12-8(7-15-10)9(13)14-4-2/h7H,3-6H2,1-2H3,(H,11,12). The highest BCUT2D eigenvalue weighted by atomic mass is 16.5. The molecule has 0 aliphatic rings. The second-order valence-corrected chi connectivity index (χ2v) is 3.04. The molecule has 0 aliphatic carbocycles. The average molecular weight is 212 g/mol. The fourth-order valence-electron chi connectivity index (χ4n) is 1.03. The van der Waals surface area contributed by atoms with Crippen LogP contribution in [-0.2, 0) is 4.74 Å². The van der Waals surface area contributed by atoms with E-state index in [2.05, 4.69) is 17.2 Å². The molecule has 0 aromatic carbocycles. The number of anilines is 1. The van der Waals surface area contributed by atoms with Crippen LogP contribution in [0.1, 0.15) is 37.2 Å². The first-order valence-corrected chi connectivity index (χ1v) is 5.14. The van der Waals surface area contributed by atoms with Crippen LogP contribution >= 0.6 is 0 Å². The molecule has 0 fully saturated rings. The number of nitrogens with zero attached hydrogens (tertiary/aromatic N) is 1. The first-order valence-electron chi connectivity index (χ1n) is 5.14. The van der Waals surface area contributed by atoms with Crippen LogP contribution in [-0.4, -0.2) is 24.1 Å². The summed E-state index contributed by atoms with van der Waals surface area (Å²) in [5, 5.41) is 2.98. The van der Waals surface area contributed by atoms with Crippen LogP contribution in [0.3, 0.4) is 0 Å². The van der Waals surface area contributed by atoms with Crippen LogP contribution in [0.2, 0.25) is 0 Å². The molecular formula is C10H16N2O3. The van der Waals surface area contributed by atoms with Crippen molar-refractivity contribution in [1.29, 1.82) is 0 Å². The molecule has 0 aliphatic heterocycles. The van der Waals surface area contributed by atoms with E-state index < -0.39 is 5.97 Å². The summed E-state index contributed by atoms with van der Waals surface area (Å²) >= 11 is 0. The van der Waals surface area contributed by atoms with Gasteiger partial charge in [0.25, 0.3) is 6.01 Å². The highest BCUT2D eigenvalue weighted by molar-refractivity contribution is 5.87. The number of hydrogen-bond acceptors (Lipinski definition) is 5. The Morgan fingerprint density at radius 2 is 2.40 bits per heavy atom. The van der Waals surface area contributed by atoms with Crippen molar-refractivity contribution in [3.05, 3.63) is 12.0 Å². The molecule has 1 N–H and O–H groups in total. The Morgan fingerprint density at radius 3 is 3.07 bits per heavy atom. The monoisotopic (exact) mass is 212 g/mol. The summed E-state index contributed by atoms with van der Waals surface area (Å²) in [5.74, 6) is -0.454. The van der Waals surface area contributed by atoms with Gasteiger partial charge in [-0.15, -0.1) is 0 Å². The van der Waals surface area contributed by atoms with E-state index in [0.29, 0.717) is 12.6 Å². The zero-order chi connectivity index (χ0) is 11.1. The van der Waals surface area contributed by atoms with E-state index in [1.807, 2.05) is 0 Å². The second-order valence-electron chi connectivity index (χ2n) is 3.04. The number of ether oxygens (including phenoxy) is 1. The first-order chi connectivity index (χ1) is 7.27. The maximum absolute atomic E-state index is 11.2. The van der Waals surface area contributed by atoms with Crippen LogP contribution in [0.4, 0.5) is 6.01 Å². The molecule has 1 aromatic rings. The van der Waals surface area contributed by atoms with Crippen LogP contribution in [0.5, 0.6) is 0 Å². The first kappa shape index (κ1) is 11.6. The number of esters is 1. The molecule has 0 saturated heterocycles. The smallest absolute Gasteiger partial charge is 0.360 e. The Bertz CT molecular complexity index is 309. The average Bonchev–Trinajstić information content (AvgIpc) is 2.67. The fraction of sp³-hybridized carbons (Fsp3) is 0.600. The number of oxazole rings is 1. The molecule has 0 radical (unpaired) electrons. The van der Waals surface area contributed by atoms with Crippen LogP contribution < -0.4 is 5.32 Å². The van der Waals surface area contributed by atoms with E-state index in [1.165, 1.54) is 6.26 Å². The minimum absolute atomic E-state index is 0.204. The third-order valence-corrected chi connectivity index (χ3v) is 1.80. The summed E-state index contributed by atoms with van der Waals surface area (Å²) in [6.07, 6.45) is 3.43. The quantitative estimate of drug-likeness (QED) is 0.577. The Morgan fingerprint density at radius 1 is 1.60 bits per heavy atom. The minimum Gasteiger partial charge on any atom is -0.461 e. The second kappa shape index (κ2) is 6.06. The summed E-state index contributed by atoms with van der Waals surface area (Å²) in [6.45, 7) is 4.98. The lowest BCUT2D eigenvalue weighted by atomic mass is 10.3. The molecule has 5 heteroatoms. The number of hydrogen-bond donors (Lipinski definition) is 1. The van der Waals surface area contributed by atoms with Crippen LogP contribution in [0.15, 0.2) is 10.7 Å². The molecule has 15 heavy (non-hydrogen) atoms. The van der Waals surface area contributed by atoms with Crippen molar-refractivity contribution in [3.8, 4) is 0 Å². The lowest BCUT2D eigenvalue weighted by molar-refractivity contribution is 0.0519. The molecule has 0 unspecified atom stereocenters. The van der Waals surface area contributed by atoms with Gasteiger partial charge in [-0.2, -0.15) is 4.98 Å². The van der Waals surface area contributed by atoms with Gasteiger partial charge in [-0.05, 0) is 13.3 Å². The van der Waals surface area contributed by atoms with E-state index >= 15 is 0 Å². The van der Waals surface area contributed by atoms with Crippen molar-refractivity contribution in [1.82, 2.24) is 4.98 Å². The number of carbonyl (C=O) groups is 1. The number of rotatable bonds is 6. The SMILES string of the molecule is CCCCNc1nc(C(=O)OCC)co1. The maximum atomic E-state index is 11.2. The van der Waals surface area contributed by atoms with Gasteiger partial charge >= 0.3 is 5.97 Å². The van der Waals surface area contributed by atoms with Crippen molar-refractivity contribution in [2.45, 2.75) is 26.7 Å². The third kappa shape index (κ3) is 3.61. The van der Waals surface area contributed by atoms with Crippen molar-refractivity contribution < 1.29 is 13.9 Å². The molecule has 84 valence electrons. The molecule has 0 amide bonds. The number of carbonyl (C=O) groups excluding carboxylic acids is 1. The molecule has 0 saturated carbocycles. The zero-order valence-corrected chi connectivity index (χ0v) is 9.08. The lowest BCUT2D eigenvalue weighted by Gasteiger charge is -1.98. The van der Waals surface area contributed by atoms with Gasteiger partial charge in [0.2, 0.25) is 0 Å². The largest absolute Gasteiger partial charge is 0.461 e. The van der Waals surface area contributed by atoms with Gasteiger partial charge in [-0.3, -0.25) is 0 Å². The summed E-state index contributed by atoms with van der Waals surface area (Å²) in [5.41, 5.74) is 0.204. The molecule has 0 spiro atoms. The molecule has 0 atom stereocenters. The third-order valence-electron chi connectivity index (χ3n) is 1.80. The summed E-state index contributed by atoms with van der Waals surface area (Å²) in [4.78, 5) is 15.2. The van der Waals surface area contributed by atoms with E-state index in [4.69, 9.17) is 9.15 Å². The van der Waals surface area contributed by atoms with Crippen LogP contribution in [0, 0.1) is 0 Å². The molecular weight excluding hydrogens is 196 g/mol. The van der Waals surface area contributed by atoms with Gasteiger partial charge in [-0.1, -0.05) is 13.3 Å². The van der Waals surface area contributed by atoms with Gasteiger partial charge in [0.05, 0.1) is 6.61 Å². The van der Waals surface area contributed by atoms with E-state index in [9.17, 15) is 4.79 Å². The van der Waals surface area contributed by atoms with E-state index in [1.54, 1.807) is 6.92 Å². The van der Waals surface area contributed by atoms with Crippen LogP contribution in [0.25, 0.3) is 0 Å². The highest BCUT2D eigenvalue weighted by Gasteiger charge is 2.12. The number of nitrogens with one attached hydrogen (secondary N) is 1. The van der Waals surface area contributed by atoms with Gasteiger partial charge in [0, 0.05) is 6.54 Å². The van der Waals surface area contributed by atoms with Gasteiger partial charge in [0.1, 0.15) is 6.26 Å². The molecule has 0 bridgehead atoms. The lowest BCUT2D eigenvalue weighted by Crippen LogP contribution is -2.06. The van der Waals surface area contributed by atoms with Crippen molar-refractivity contribution in [2.75, 3.05) is 18.5 Å². The maximum Gasteiger partial charge on any atom is 0.360 e. The van der Waals surface area contributed by atoms with Crippen molar-refractivity contribution in [3.63, 3.8) is 0 Å². The van der Waals surface area contributed by atoms with Gasteiger partial charge < -0.3 is 14.5 Å². The highest BCUT2D eigenvalue weighted by Crippen LogP contribution is 2.08. The number of unbranched alkanes of at least 4 members (excludes halogenated alkanes) is 1. The molecule has 1 aromatic heterocycles. The minimum atomic E-state index is -0.454. The predicted molar refractivity (Wildman–Crippen MR) is 55.9 cm³/mol. The van der Waals surface area contributed by atoms with E-state index in [0.717, 1.165) is 19.4 Å². The zero-order valence-electron chi connectivity index (χ0n) is 9.08. The summed E-state index contributed by atoms with van der Waals surface area (Å²) < 4.78 is 9.83. The van der Waals surface area contributed by atoms with Gasteiger partial charge in [0.15, 0.2) is 5.69 Å². The summed E-state index contributed by atoms with van der Waals surface area (Å²) in [6, 6.07) is 0.367.